The monoisotopic (exact) mass is 395 g/mol. The third-order valence-corrected chi connectivity index (χ3v) is 6.03. The van der Waals surface area contributed by atoms with E-state index in [0.717, 1.165) is 21.8 Å². The van der Waals surface area contributed by atoms with E-state index >= 15 is 0 Å². The summed E-state index contributed by atoms with van der Waals surface area (Å²) in [5.41, 5.74) is 3.51. The molecule has 4 aromatic rings. The highest BCUT2D eigenvalue weighted by atomic mass is 32.1. The highest BCUT2D eigenvalue weighted by Gasteiger charge is 2.21. The number of hydrogen-bond donors (Lipinski definition) is 0. The fourth-order valence-corrected chi connectivity index (χ4v) is 4.22. The predicted octanol–water partition coefficient (Wildman–Crippen LogP) is 4.29. The highest BCUT2D eigenvalue weighted by Crippen LogP contribution is 2.27. The molecule has 0 radical (unpaired) electrons. The molecule has 1 amide bonds. The maximum Gasteiger partial charge on any atom is 0.273 e. The van der Waals surface area contributed by atoms with E-state index < -0.39 is 0 Å². The van der Waals surface area contributed by atoms with Gasteiger partial charge in [0.2, 0.25) is 0 Å². The first kappa shape index (κ1) is 17.6. The van der Waals surface area contributed by atoms with Crippen LogP contribution in [0.2, 0.25) is 0 Å². The Hall–Kier alpha value is -2.84. The van der Waals surface area contributed by atoms with Crippen LogP contribution in [0, 0.1) is 0 Å². The summed E-state index contributed by atoms with van der Waals surface area (Å²) in [6.45, 7) is 2.01. The Bertz CT molecular complexity index is 1020. The molecule has 0 spiro atoms. The fraction of sp³-hybridized carbons (Fsp3) is 0.158. The number of thiophene rings is 1. The van der Waals surface area contributed by atoms with Gasteiger partial charge in [-0.15, -0.1) is 11.3 Å². The first-order valence-electron chi connectivity index (χ1n) is 8.33. The quantitative estimate of drug-likeness (QED) is 0.506. The standard InChI is InChI=1S/C19H17N5OS2/c1-13(14-3-5-16(6-4-14)24-12-20-11-21-24)23(2)19(25)17-10-27-18(22-17)15-7-8-26-9-15/h3-13H,1-2H3/t13-/m0/s1. The Labute approximate surface area is 164 Å². The van der Waals surface area contributed by atoms with Crippen molar-refractivity contribution in [1.82, 2.24) is 24.6 Å². The molecular formula is C19H17N5OS2. The molecule has 3 heterocycles. The molecule has 0 aliphatic heterocycles. The summed E-state index contributed by atoms with van der Waals surface area (Å²) < 4.78 is 1.70. The Balaban J connectivity index is 1.50. The van der Waals surface area contributed by atoms with Gasteiger partial charge in [-0.1, -0.05) is 12.1 Å². The van der Waals surface area contributed by atoms with Gasteiger partial charge in [-0.2, -0.15) is 16.4 Å². The average Bonchev–Trinajstić information content (AvgIpc) is 3.47. The van der Waals surface area contributed by atoms with Crippen LogP contribution in [0.5, 0.6) is 0 Å². The second-order valence-electron chi connectivity index (χ2n) is 6.07. The van der Waals surface area contributed by atoms with Gasteiger partial charge in [0.1, 0.15) is 23.4 Å². The van der Waals surface area contributed by atoms with Crippen molar-refractivity contribution >= 4 is 28.6 Å². The molecule has 4 rings (SSSR count). The van der Waals surface area contributed by atoms with Gasteiger partial charge < -0.3 is 4.90 Å². The molecule has 0 bridgehead atoms. The molecule has 0 N–H and O–H groups in total. The zero-order valence-electron chi connectivity index (χ0n) is 14.8. The minimum atomic E-state index is -0.0828. The molecule has 0 aliphatic carbocycles. The van der Waals surface area contributed by atoms with Crippen LogP contribution in [0.4, 0.5) is 0 Å². The van der Waals surface area contributed by atoms with Gasteiger partial charge in [-0.3, -0.25) is 4.79 Å². The SMILES string of the molecule is C[C@@H](c1ccc(-n2cncn2)cc1)N(C)C(=O)c1csc(-c2ccsc2)n1. The molecule has 0 aliphatic rings. The van der Waals surface area contributed by atoms with Crippen molar-refractivity contribution in [2.45, 2.75) is 13.0 Å². The minimum Gasteiger partial charge on any atom is -0.334 e. The minimum absolute atomic E-state index is 0.0754. The summed E-state index contributed by atoms with van der Waals surface area (Å²) >= 11 is 3.12. The molecule has 136 valence electrons. The van der Waals surface area contributed by atoms with Gasteiger partial charge >= 0.3 is 0 Å². The van der Waals surface area contributed by atoms with E-state index in [2.05, 4.69) is 15.1 Å². The first-order valence-corrected chi connectivity index (χ1v) is 10.2. The molecule has 6 nitrogen and oxygen atoms in total. The maximum atomic E-state index is 12.8. The molecule has 8 heteroatoms. The van der Waals surface area contributed by atoms with Crippen molar-refractivity contribution in [3.63, 3.8) is 0 Å². The van der Waals surface area contributed by atoms with E-state index in [-0.39, 0.29) is 11.9 Å². The molecule has 0 fully saturated rings. The van der Waals surface area contributed by atoms with Gasteiger partial charge in [0, 0.05) is 23.4 Å². The normalized spacial score (nSPS) is 12.1. The third kappa shape index (κ3) is 3.54. The Morgan fingerprint density at radius 2 is 2.00 bits per heavy atom. The Kier molecular flexibility index (Phi) is 4.83. The van der Waals surface area contributed by atoms with Crippen LogP contribution in [0.25, 0.3) is 16.3 Å². The van der Waals surface area contributed by atoms with Crippen molar-refractivity contribution in [3.05, 3.63) is 70.4 Å². The lowest BCUT2D eigenvalue weighted by atomic mass is 10.1. The van der Waals surface area contributed by atoms with Crippen LogP contribution >= 0.6 is 22.7 Å². The van der Waals surface area contributed by atoms with E-state index in [1.54, 1.807) is 27.2 Å². The number of amides is 1. The number of carbonyl (C=O) groups excluding carboxylic acids is 1. The second-order valence-corrected chi connectivity index (χ2v) is 7.71. The number of benzene rings is 1. The summed E-state index contributed by atoms with van der Waals surface area (Å²) in [5.74, 6) is -0.0828. The van der Waals surface area contributed by atoms with Crippen LogP contribution in [0.1, 0.15) is 29.0 Å². The van der Waals surface area contributed by atoms with Crippen LogP contribution < -0.4 is 0 Å². The summed E-state index contributed by atoms with van der Waals surface area (Å²) in [7, 11) is 1.81. The number of aromatic nitrogens is 4. The molecule has 27 heavy (non-hydrogen) atoms. The fourth-order valence-electron chi connectivity index (χ4n) is 2.72. The molecule has 3 aromatic heterocycles. The number of carbonyl (C=O) groups is 1. The van der Waals surface area contributed by atoms with Gasteiger partial charge in [0.15, 0.2) is 0 Å². The lowest BCUT2D eigenvalue weighted by Gasteiger charge is -2.24. The van der Waals surface area contributed by atoms with Crippen molar-refractivity contribution in [2.24, 2.45) is 0 Å². The number of hydrogen-bond acceptors (Lipinski definition) is 6. The van der Waals surface area contributed by atoms with E-state index in [4.69, 9.17) is 0 Å². The molecule has 0 saturated carbocycles. The van der Waals surface area contributed by atoms with Crippen LogP contribution in [0.15, 0.2) is 59.1 Å². The first-order chi connectivity index (χ1) is 13.1. The Morgan fingerprint density at radius 1 is 1.19 bits per heavy atom. The number of thiazole rings is 1. The summed E-state index contributed by atoms with van der Waals surface area (Å²) in [6.07, 6.45) is 3.16. The summed E-state index contributed by atoms with van der Waals surface area (Å²) in [6, 6.07) is 9.88. The largest absolute Gasteiger partial charge is 0.334 e. The molecule has 1 atom stereocenters. The maximum absolute atomic E-state index is 12.8. The number of nitrogens with zero attached hydrogens (tertiary/aromatic N) is 5. The molecule has 0 saturated heterocycles. The Morgan fingerprint density at radius 3 is 2.67 bits per heavy atom. The van der Waals surface area contributed by atoms with Crippen LogP contribution in [-0.2, 0) is 0 Å². The van der Waals surface area contributed by atoms with E-state index in [1.807, 2.05) is 60.4 Å². The second kappa shape index (κ2) is 7.42. The highest BCUT2D eigenvalue weighted by molar-refractivity contribution is 7.14. The molecule has 1 aromatic carbocycles. The zero-order valence-corrected chi connectivity index (χ0v) is 16.4. The lowest BCUT2D eigenvalue weighted by Crippen LogP contribution is -2.29. The predicted molar refractivity (Wildman–Crippen MR) is 107 cm³/mol. The smallest absolute Gasteiger partial charge is 0.273 e. The zero-order chi connectivity index (χ0) is 18.8. The summed E-state index contributed by atoms with van der Waals surface area (Å²) in [5, 5.41) is 10.9. The van der Waals surface area contributed by atoms with Gasteiger partial charge in [0.05, 0.1) is 11.7 Å². The molecule has 0 unspecified atom stereocenters. The van der Waals surface area contributed by atoms with Crippen molar-refractivity contribution in [1.29, 1.82) is 0 Å². The molecular weight excluding hydrogens is 378 g/mol. The third-order valence-electron chi connectivity index (χ3n) is 4.45. The van der Waals surface area contributed by atoms with Crippen molar-refractivity contribution in [3.8, 4) is 16.3 Å². The van der Waals surface area contributed by atoms with Crippen LogP contribution in [0.3, 0.4) is 0 Å². The average molecular weight is 396 g/mol. The summed E-state index contributed by atoms with van der Waals surface area (Å²) in [4.78, 5) is 23.0. The van der Waals surface area contributed by atoms with E-state index in [9.17, 15) is 4.79 Å². The van der Waals surface area contributed by atoms with Crippen molar-refractivity contribution < 1.29 is 4.79 Å². The number of rotatable bonds is 5. The topological polar surface area (TPSA) is 63.9 Å². The van der Waals surface area contributed by atoms with Crippen LogP contribution in [-0.4, -0.2) is 37.6 Å². The van der Waals surface area contributed by atoms with Crippen molar-refractivity contribution in [2.75, 3.05) is 7.05 Å². The van der Waals surface area contributed by atoms with Gasteiger partial charge in [-0.25, -0.2) is 14.6 Å². The lowest BCUT2D eigenvalue weighted by molar-refractivity contribution is 0.0737. The van der Waals surface area contributed by atoms with Gasteiger partial charge in [-0.05, 0) is 36.1 Å². The van der Waals surface area contributed by atoms with E-state index in [1.165, 1.54) is 17.7 Å². The van der Waals surface area contributed by atoms with Gasteiger partial charge in [0.25, 0.3) is 5.91 Å². The van der Waals surface area contributed by atoms with E-state index in [0.29, 0.717) is 5.69 Å².